The second-order valence-corrected chi connectivity index (χ2v) is 11.9. The van der Waals surface area contributed by atoms with Crippen LogP contribution in [0.2, 0.25) is 0 Å². The summed E-state index contributed by atoms with van der Waals surface area (Å²) < 4.78 is 13.6. The highest BCUT2D eigenvalue weighted by atomic mass is 32.1. The first-order chi connectivity index (χ1) is 18.5. The molecular formula is C30H43FN6S. The molecular weight excluding hydrogens is 495 g/mol. The zero-order chi connectivity index (χ0) is 26.4. The standard InChI is InChI=1S/C30H43FN6S/c1-23-11-5-10-20-37(23)27-21-26(36-18-8-2-3-9-19-36)33-28(34-27)35-29(38)32-22-30(16-6-4-7-17-30)24-12-14-25(31)15-13-24/h12-15,21,23H,2-11,16-20,22H2,1H3,(H2,32,33,34,35,38)/t23-/m0/s1. The lowest BCUT2D eigenvalue weighted by Crippen LogP contribution is -2.44. The van der Waals surface area contributed by atoms with Crippen molar-refractivity contribution >= 4 is 34.9 Å². The Hall–Kier alpha value is -2.48. The molecule has 2 aromatic rings. The van der Waals surface area contributed by atoms with E-state index < -0.39 is 0 Å². The average Bonchev–Trinajstić information content (AvgIpc) is 3.23. The number of hydrogen-bond donors (Lipinski definition) is 2. The second kappa shape index (κ2) is 12.6. The normalized spacial score (nSPS) is 22.0. The number of benzene rings is 1. The fraction of sp³-hybridized carbons (Fsp3) is 0.633. The van der Waals surface area contributed by atoms with Gasteiger partial charge in [0.25, 0.3) is 0 Å². The van der Waals surface area contributed by atoms with Crippen LogP contribution >= 0.6 is 12.2 Å². The predicted octanol–water partition coefficient (Wildman–Crippen LogP) is 6.56. The number of anilines is 3. The third kappa shape index (κ3) is 6.56. The molecule has 1 saturated carbocycles. The number of hydrogen-bond acceptors (Lipinski definition) is 5. The third-order valence-corrected chi connectivity index (χ3v) is 9.05. The first kappa shape index (κ1) is 27.1. The summed E-state index contributed by atoms with van der Waals surface area (Å²) in [5, 5.41) is 7.37. The minimum atomic E-state index is -0.190. The summed E-state index contributed by atoms with van der Waals surface area (Å²) in [4.78, 5) is 14.7. The van der Waals surface area contributed by atoms with Gasteiger partial charge >= 0.3 is 0 Å². The SMILES string of the molecule is C[C@H]1CCCCN1c1cc(N2CCCCCC2)nc(NC(=S)NCC2(c3ccc(F)cc3)CCCCC2)n1. The van der Waals surface area contributed by atoms with E-state index in [0.29, 0.717) is 23.6 Å². The van der Waals surface area contributed by atoms with Crippen LogP contribution in [0.1, 0.15) is 89.5 Å². The van der Waals surface area contributed by atoms with Crippen molar-refractivity contribution in [1.29, 1.82) is 0 Å². The minimum absolute atomic E-state index is 0.0408. The fourth-order valence-corrected chi connectivity index (χ4v) is 6.68. The molecule has 5 rings (SSSR count). The van der Waals surface area contributed by atoms with Crippen LogP contribution in [0.25, 0.3) is 0 Å². The molecule has 2 saturated heterocycles. The summed E-state index contributed by atoms with van der Waals surface area (Å²) in [7, 11) is 0. The molecule has 8 heteroatoms. The second-order valence-electron chi connectivity index (χ2n) is 11.5. The summed E-state index contributed by atoms with van der Waals surface area (Å²) >= 11 is 5.78. The molecule has 0 unspecified atom stereocenters. The monoisotopic (exact) mass is 538 g/mol. The summed E-state index contributed by atoms with van der Waals surface area (Å²) in [5.74, 6) is 2.36. The Bertz CT molecular complexity index is 1060. The molecule has 6 nitrogen and oxygen atoms in total. The zero-order valence-corrected chi connectivity index (χ0v) is 23.7. The molecule has 38 heavy (non-hydrogen) atoms. The molecule has 1 aromatic carbocycles. The van der Waals surface area contributed by atoms with Crippen molar-refractivity contribution in [2.75, 3.05) is 41.3 Å². The van der Waals surface area contributed by atoms with Crippen molar-refractivity contribution in [1.82, 2.24) is 15.3 Å². The van der Waals surface area contributed by atoms with Crippen LogP contribution in [0.5, 0.6) is 0 Å². The predicted molar refractivity (Wildman–Crippen MR) is 159 cm³/mol. The highest BCUT2D eigenvalue weighted by Crippen LogP contribution is 2.39. The van der Waals surface area contributed by atoms with E-state index in [-0.39, 0.29) is 11.2 Å². The van der Waals surface area contributed by atoms with E-state index >= 15 is 0 Å². The molecule has 0 radical (unpaired) electrons. The number of nitrogens with one attached hydrogen (secondary N) is 2. The van der Waals surface area contributed by atoms with Crippen LogP contribution in [-0.4, -0.2) is 47.3 Å². The number of piperidine rings is 1. The van der Waals surface area contributed by atoms with Crippen molar-refractivity contribution < 1.29 is 4.39 Å². The van der Waals surface area contributed by atoms with Crippen LogP contribution in [0, 0.1) is 5.82 Å². The average molecular weight is 539 g/mol. The Morgan fingerprint density at radius 3 is 2.29 bits per heavy atom. The zero-order valence-electron chi connectivity index (χ0n) is 22.9. The van der Waals surface area contributed by atoms with Crippen molar-refractivity contribution in [3.63, 3.8) is 0 Å². The Kier molecular flexibility index (Phi) is 8.97. The van der Waals surface area contributed by atoms with Crippen LogP contribution in [0.15, 0.2) is 30.3 Å². The molecule has 0 bridgehead atoms. The lowest BCUT2D eigenvalue weighted by atomic mass is 9.69. The van der Waals surface area contributed by atoms with Gasteiger partial charge in [-0.25, -0.2) is 4.39 Å². The molecule has 3 fully saturated rings. The molecule has 206 valence electrons. The maximum Gasteiger partial charge on any atom is 0.232 e. The topological polar surface area (TPSA) is 56.3 Å². The lowest BCUT2D eigenvalue weighted by molar-refractivity contribution is 0.292. The quantitative estimate of drug-likeness (QED) is 0.404. The summed E-state index contributed by atoms with van der Waals surface area (Å²) in [6.45, 7) is 6.11. The van der Waals surface area contributed by atoms with Crippen molar-refractivity contribution in [2.24, 2.45) is 0 Å². The van der Waals surface area contributed by atoms with Crippen molar-refractivity contribution in [3.05, 3.63) is 41.7 Å². The van der Waals surface area contributed by atoms with Gasteiger partial charge in [0.2, 0.25) is 5.95 Å². The van der Waals surface area contributed by atoms with E-state index in [1.165, 1.54) is 69.8 Å². The maximum absolute atomic E-state index is 13.6. The van der Waals surface area contributed by atoms with Crippen LogP contribution in [0.4, 0.5) is 22.0 Å². The van der Waals surface area contributed by atoms with Crippen molar-refractivity contribution in [2.45, 2.75) is 95.4 Å². The minimum Gasteiger partial charge on any atom is -0.361 e. The van der Waals surface area contributed by atoms with Crippen LogP contribution in [-0.2, 0) is 5.41 Å². The van der Waals surface area contributed by atoms with E-state index in [2.05, 4.69) is 33.4 Å². The summed E-state index contributed by atoms with van der Waals surface area (Å²) in [6.07, 6.45) is 14.4. The maximum atomic E-state index is 13.6. The molecule has 3 heterocycles. The van der Waals surface area contributed by atoms with Gasteiger partial charge in [-0.05, 0) is 81.8 Å². The molecule has 2 N–H and O–H groups in total. The highest BCUT2D eigenvalue weighted by molar-refractivity contribution is 7.80. The van der Waals surface area contributed by atoms with E-state index in [1.807, 2.05) is 12.1 Å². The molecule has 0 spiro atoms. The summed E-state index contributed by atoms with van der Waals surface area (Å²) in [5.41, 5.74) is 1.15. The molecule has 0 amide bonds. The fourth-order valence-electron chi connectivity index (χ4n) is 6.52. The first-order valence-corrected chi connectivity index (χ1v) is 15.1. The van der Waals surface area contributed by atoms with Crippen molar-refractivity contribution in [3.8, 4) is 0 Å². The van der Waals surface area contributed by atoms with Gasteiger partial charge in [-0.3, -0.25) is 0 Å². The first-order valence-electron chi connectivity index (χ1n) is 14.7. The molecule has 1 aromatic heterocycles. The number of rotatable bonds is 6. The van der Waals surface area contributed by atoms with Gasteiger partial charge in [0, 0.05) is 43.7 Å². The molecule has 2 aliphatic heterocycles. The van der Waals surface area contributed by atoms with Gasteiger partial charge in [0.1, 0.15) is 17.5 Å². The number of aromatic nitrogens is 2. The van der Waals surface area contributed by atoms with Gasteiger partial charge in [-0.15, -0.1) is 0 Å². The summed E-state index contributed by atoms with van der Waals surface area (Å²) in [6, 6.07) is 9.69. The number of halogens is 1. The van der Waals surface area contributed by atoms with Gasteiger partial charge < -0.3 is 20.4 Å². The molecule has 3 aliphatic rings. The van der Waals surface area contributed by atoms with Gasteiger partial charge in [0.05, 0.1) is 0 Å². The Labute approximate surface area is 232 Å². The van der Waals surface area contributed by atoms with Gasteiger partial charge in [0.15, 0.2) is 5.11 Å². The Morgan fingerprint density at radius 1 is 0.921 bits per heavy atom. The largest absolute Gasteiger partial charge is 0.361 e. The van der Waals surface area contributed by atoms with E-state index in [4.69, 9.17) is 22.2 Å². The lowest BCUT2D eigenvalue weighted by Gasteiger charge is -2.38. The molecule has 1 aliphatic carbocycles. The Morgan fingerprint density at radius 2 is 1.58 bits per heavy atom. The Balaban J connectivity index is 1.33. The van der Waals surface area contributed by atoms with Crippen LogP contribution in [0.3, 0.4) is 0 Å². The number of thiocarbonyl (C=S) groups is 1. The highest BCUT2D eigenvalue weighted by Gasteiger charge is 2.34. The van der Waals surface area contributed by atoms with Gasteiger partial charge in [-0.1, -0.05) is 44.2 Å². The van der Waals surface area contributed by atoms with E-state index in [1.54, 1.807) is 12.1 Å². The third-order valence-electron chi connectivity index (χ3n) is 8.81. The number of nitrogens with zero attached hydrogens (tertiary/aromatic N) is 4. The van der Waals surface area contributed by atoms with E-state index in [0.717, 1.165) is 44.1 Å². The van der Waals surface area contributed by atoms with E-state index in [9.17, 15) is 4.39 Å². The molecule has 1 atom stereocenters. The smallest absolute Gasteiger partial charge is 0.232 e. The van der Waals surface area contributed by atoms with Crippen LogP contribution < -0.4 is 20.4 Å². The van der Waals surface area contributed by atoms with Gasteiger partial charge in [-0.2, -0.15) is 9.97 Å².